The molecule has 148 valence electrons. The molecule has 1 heterocycles. The number of nitrogens with zero attached hydrogens (tertiary/aromatic N) is 1. The molecule has 3 rings (SSSR count). The maximum atomic E-state index is 12.2. The van der Waals surface area contributed by atoms with Crippen LogP contribution in [0.5, 0.6) is 5.75 Å². The van der Waals surface area contributed by atoms with Crippen LogP contribution in [-0.2, 0) is 14.9 Å². The standard InChI is InChI=1S/C22H26N2O4/c1-22(2,3)16-9-11-17(12-10-16)24-14-19(28-21(24)26)13-23-20(25)15-27-18-7-5-4-6-8-18/h4-12,19H,13-15H2,1-3H3,(H,23,25). The second-order valence-electron chi connectivity index (χ2n) is 7.82. The highest BCUT2D eigenvalue weighted by atomic mass is 16.6. The minimum absolute atomic E-state index is 0.0543. The van der Waals surface area contributed by atoms with Crippen molar-refractivity contribution in [2.75, 3.05) is 24.6 Å². The topological polar surface area (TPSA) is 67.9 Å². The molecule has 6 nitrogen and oxygen atoms in total. The summed E-state index contributed by atoms with van der Waals surface area (Å²) in [5, 5.41) is 2.75. The molecular formula is C22H26N2O4. The first-order valence-corrected chi connectivity index (χ1v) is 9.36. The van der Waals surface area contributed by atoms with E-state index < -0.39 is 12.2 Å². The minimum atomic E-state index is -0.400. The second kappa shape index (κ2) is 8.33. The number of hydrogen-bond acceptors (Lipinski definition) is 4. The fourth-order valence-electron chi connectivity index (χ4n) is 2.92. The normalized spacial score (nSPS) is 16.6. The molecule has 0 radical (unpaired) electrons. The summed E-state index contributed by atoms with van der Waals surface area (Å²) in [6.45, 7) is 7.00. The van der Waals surface area contributed by atoms with Crippen molar-refractivity contribution < 1.29 is 19.1 Å². The molecule has 0 aromatic heterocycles. The maximum Gasteiger partial charge on any atom is 0.414 e. The van der Waals surface area contributed by atoms with Crippen LogP contribution in [0.2, 0.25) is 0 Å². The van der Waals surface area contributed by atoms with Crippen LogP contribution in [0.25, 0.3) is 0 Å². The lowest BCUT2D eigenvalue weighted by molar-refractivity contribution is -0.123. The SMILES string of the molecule is CC(C)(C)c1ccc(N2CC(CNC(=O)COc3ccccc3)OC2=O)cc1. The van der Waals surface area contributed by atoms with Crippen molar-refractivity contribution in [2.45, 2.75) is 32.3 Å². The maximum absolute atomic E-state index is 12.2. The largest absolute Gasteiger partial charge is 0.484 e. The number of rotatable bonds is 6. The van der Waals surface area contributed by atoms with Gasteiger partial charge in [-0.2, -0.15) is 0 Å². The first-order valence-electron chi connectivity index (χ1n) is 9.36. The molecule has 2 aromatic rings. The van der Waals surface area contributed by atoms with E-state index in [9.17, 15) is 9.59 Å². The van der Waals surface area contributed by atoms with E-state index in [1.54, 1.807) is 17.0 Å². The molecule has 1 aliphatic rings. The third kappa shape index (κ3) is 5.03. The Morgan fingerprint density at radius 2 is 1.82 bits per heavy atom. The zero-order chi connectivity index (χ0) is 20.1. The number of nitrogens with one attached hydrogen (secondary N) is 1. The molecule has 1 unspecified atom stereocenters. The van der Waals surface area contributed by atoms with E-state index in [-0.39, 0.29) is 24.5 Å². The van der Waals surface area contributed by atoms with Crippen molar-refractivity contribution in [3.8, 4) is 5.75 Å². The fourth-order valence-corrected chi connectivity index (χ4v) is 2.92. The van der Waals surface area contributed by atoms with Gasteiger partial charge in [-0.25, -0.2) is 4.79 Å². The molecule has 2 amide bonds. The lowest BCUT2D eigenvalue weighted by Crippen LogP contribution is -2.37. The number of amides is 2. The molecule has 0 aliphatic carbocycles. The van der Waals surface area contributed by atoms with Crippen molar-refractivity contribution in [3.05, 3.63) is 60.2 Å². The summed E-state index contributed by atoms with van der Waals surface area (Å²) in [5.41, 5.74) is 2.05. The van der Waals surface area contributed by atoms with Gasteiger partial charge in [0.25, 0.3) is 5.91 Å². The Morgan fingerprint density at radius 1 is 1.14 bits per heavy atom. The fraction of sp³-hybridized carbons (Fsp3) is 0.364. The predicted molar refractivity (Wildman–Crippen MR) is 108 cm³/mol. The van der Waals surface area contributed by atoms with Crippen molar-refractivity contribution in [1.82, 2.24) is 5.32 Å². The van der Waals surface area contributed by atoms with Gasteiger partial charge in [-0.15, -0.1) is 0 Å². The molecule has 1 aliphatic heterocycles. The number of benzene rings is 2. The molecule has 0 bridgehead atoms. The molecule has 28 heavy (non-hydrogen) atoms. The molecule has 1 atom stereocenters. The van der Waals surface area contributed by atoms with Gasteiger partial charge in [-0.1, -0.05) is 51.1 Å². The Kier molecular flexibility index (Phi) is 5.87. The second-order valence-corrected chi connectivity index (χ2v) is 7.82. The molecule has 2 aromatic carbocycles. The number of anilines is 1. The van der Waals surface area contributed by atoms with Gasteiger partial charge in [-0.3, -0.25) is 9.69 Å². The molecule has 0 spiro atoms. The van der Waals surface area contributed by atoms with Gasteiger partial charge in [0.2, 0.25) is 0 Å². The highest BCUT2D eigenvalue weighted by Gasteiger charge is 2.32. The van der Waals surface area contributed by atoms with Crippen LogP contribution in [0.1, 0.15) is 26.3 Å². The summed E-state index contributed by atoms with van der Waals surface area (Å²) < 4.78 is 10.8. The van der Waals surface area contributed by atoms with Gasteiger partial charge in [0, 0.05) is 5.69 Å². The van der Waals surface area contributed by atoms with Gasteiger partial charge in [0.05, 0.1) is 13.1 Å². The van der Waals surface area contributed by atoms with Crippen molar-refractivity contribution >= 4 is 17.7 Å². The Bertz CT molecular complexity index is 813. The van der Waals surface area contributed by atoms with E-state index >= 15 is 0 Å². The number of carbonyl (C=O) groups excluding carboxylic acids is 2. The number of ether oxygens (including phenoxy) is 2. The zero-order valence-corrected chi connectivity index (χ0v) is 16.5. The van der Waals surface area contributed by atoms with E-state index in [1.807, 2.05) is 42.5 Å². The molecular weight excluding hydrogens is 356 g/mol. The average molecular weight is 382 g/mol. The smallest absolute Gasteiger partial charge is 0.414 e. The van der Waals surface area contributed by atoms with Gasteiger partial charge in [0.15, 0.2) is 6.61 Å². The van der Waals surface area contributed by atoms with Crippen LogP contribution in [0.3, 0.4) is 0 Å². The third-order valence-electron chi connectivity index (χ3n) is 4.56. The van der Waals surface area contributed by atoms with Crippen LogP contribution in [-0.4, -0.2) is 37.8 Å². The highest BCUT2D eigenvalue weighted by Crippen LogP contribution is 2.27. The van der Waals surface area contributed by atoms with E-state index in [0.29, 0.717) is 12.3 Å². The Hall–Kier alpha value is -3.02. The quantitative estimate of drug-likeness (QED) is 0.830. The van der Waals surface area contributed by atoms with Gasteiger partial charge in [0.1, 0.15) is 11.9 Å². The first-order chi connectivity index (χ1) is 13.3. The summed E-state index contributed by atoms with van der Waals surface area (Å²) in [5.74, 6) is 0.378. The van der Waals surface area contributed by atoms with Crippen LogP contribution in [0.15, 0.2) is 54.6 Å². The zero-order valence-electron chi connectivity index (χ0n) is 16.5. The van der Waals surface area contributed by atoms with Crippen LogP contribution >= 0.6 is 0 Å². The van der Waals surface area contributed by atoms with Gasteiger partial charge >= 0.3 is 6.09 Å². The number of cyclic esters (lactones) is 1. The van der Waals surface area contributed by atoms with Crippen molar-refractivity contribution in [3.63, 3.8) is 0 Å². The highest BCUT2D eigenvalue weighted by molar-refractivity contribution is 5.89. The molecule has 6 heteroatoms. The summed E-state index contributed by atoms with van der Waals surface area (Å²) in [6, 6.07) is 17.0. The number of para-hydroxylation sites is 1. The first kappa shape index (κ1) is 19.7. The molecule has 1 fully saturated rings. The Labute approximate surface area is 165 Å². The van der Waals surface area contributed by atoms with Gasteiger partial charge in [-0.05, 0) is 35.2 Å². The summed E-state index contributed by atoms with van der Waals surface area (Å²) in [4.78, 5) is 25.7. The van der Waals surface area contributed by atoms with Crippen LogP contribution in [0.4, 0.5) is 10.5 Å². The lowest BCUT2D eigenvalue weighted by Gasteiger charge is -2.20. The Balaban J connectivity index is 1.48. The minimum Gasteiger partial charge on any atom is -0.484 e. The average Bonchev–Trinajstić information content (AvgIpc) is 3.05. The number of carbonyl (C=O) groups is 2. The summed E-state index contributed by atoms with van der Waals surface area (Å²) in [6.07, 6.45) is -0.793. The molecule has 1 saturated heterocycles. The summed E-state index contributed by atoms with van der Waals surface area (Å²) in [7, 11) is 0. The van der Waals surface area contributed by atoms with Crippen LogP contribution < -0.4 is 15.0 Å². The summed E-state index contributed by atoms with van der Waals surface area (Å²) >= 11 is 0. The number of hydrogen-bond donors (Lipinski definition) is 1. The lowest BCUT2D eigenvalue weighted by atomic mass is 9.87. The molecule has 1 N–H and O–H groups in total. The van der Waals surface area contributed by atoms with E-state index in [0.717, 1.165) is 5.69 Å². The third-order valence-corrected chi connectivity index (χ3v) is 4.56. The Morgan fingerprint density at radius 3 is 2.46 bits per heavy atom. The van der Waals surface area contributed by atoms with Crippen molar-refractivity contribution in [2.24, 2.45) is 0 Å². The molecule has 0 saturated carbocycles. The van der Waals surface area contributed by atoms with E-state index in [4.69, 9.17) is 9.47 Å². The van der Waals surface area contributed by atoms with E-state index in [2.05, 4.69) is 26.1 Å². The monoisotopic (exact) mass is 382 g/mol. The van der Waals surface area contributed by atoms with E-state index in [1.165, 1.54) is 5.56 Å². The van der Waals surface area contributed by atoms with Crippen LogP contribution in [0, 0.1) is 0 Å². The van der Waals surface area contributed by atoms with Crippen molar-refractivity contribution in [1.29, 1.82) is 0 Å². The van der Waals surface area contributed by atoms with Gasteiger partial charge < -0.3 is 14.8 Å². The predicted octanol–water partition coefficient (Wildman–Crippen LogP) is 3.50.